The average molecular weight is 364 g/mol. The lowest BCUT2D eigenvalue weighted by atomic mass is 10.1. The maximum absolute atomic E-state index is 12.6. The minimum absolute atomic E-state index is 0.0500. The molecule has 1 saturated heterocycles. The third-order valence-corrected chi connectivity index (χ3v) is 4.54. The summed E-state index contributed by atoms with van der Waals surface area (Å²) in [6.45, 7) is 4.38. The standard InChI is InChI=1S/C15H18BrN5O/c1-11-9-20(14-3-4-17-8-13(14)16)5-6-21(11)15(22)12-7-18-19(2)10-12/h3-4,7-8,10-11H,5-6,9H2,1-2H3. The predicted molar refractivity (Wildman–Crippen MR) is 87.9 cm³/mol. The van der Waals surface area contributed by atoms with Gasteiger partial charge in [0.25, 0.3) is 5.91 Å². The Morgan fingerprint density at radius 3 is 2.82 bits per heavy atom. The van der Waals surface area contributed by atoms with Crippen LogP contribution in [0.3, 0.4) is 0 Å². The van der Waals surface area contributed by atoms with E-state index in [1.807, 2.05) is 18.0 Å². The van der Waals surface area contributed by atoms with Crippen LogP contribution in [-0.2, 0) is 7.05 Å². The maximum atomic E-state index is 12.6. The number of amides is 1. The first-order valence-corrected chi connectivity index (χ1v) is 7.99. The summed E-state index contributed by atoms with van der Waals surface area (Å²) in [5, 5.41) is 4.08. The minimum atomic E-state index is 0.0500. The van der Waals surface area contributed by atoms with E-state index in [0.717, 1.165) is 23.2 Å². The highest BCUT2D eigenvalue weighted by Gasteiger charge is 2.29. The molecule has 6 nitrogen and oxygen atoms in total. The molecule has 0 saturated carbocycles. The van der Waals surface area contributed by atoms with E-state index >= 15 is 0 Å². The molecule has 116 valence electrons. The molecule has 1 atom stereocenters. The number of hydrogen-bond acceptors (Lipinski definition) is 4. The van der Waals surface area contributed by atoms with Crippen molar-refractivity contribution in [2.75, 3.05) is 24.5 Å². The van der Waals surface area contributed by atoms with Crippen LogP contribution in [0.15, 0.2) is 35.3 Å². The van der Waals surface area contributed by atoms with Gasteiger partial charge in [-0.3, -0.25) is 14.5 Å². The number of piperazine rings is 1. The lowest BCUT2D eigenvalue weighted by Gasteiger charge is -2.41. The number of nitrogens with zero attached hydrogens (tertiary/aromatic N) is 5. The Bertz CT molecular complexity index is 686. The Morgan fingerprint density at radius 2 is 2.18 bits per heavy atom. The molecule has 1 amide bonds. The van der Waals surface area contributed by atoms with Crippen LogP contribution in [0.5, 0.6) is 0 Å². The number of anilines is 1. The topological polar surface area (TPSA) is 54.3 Å². The molecule has 0 aromatic carbocycles. The van der Waals surface area contributed by atoms with Crippen LogP contribution in [-0.4, -0.2) is 51.2 Å². The van der Waals surface area contributed by atoms with Crippen molar-refractivity contribution in [1.29, 1.82) is 0 Å². The van der Waals surface area contributed by atoms with Gasteiger partial charge < -0.3 is 9.80 Å². The largest absolute Gasteiger partial charge is 0.367 e. The van der Waals surface area contributed by atoms with Gasteiger partial charge in [-0.25, -0.2) is 0 Å². The molecule has 0 N–H and O–H groups in total. The number of halogens is 1. The molecular formula is C15H18BrN5O. The van der Waals surface area contributed by atoms with Gasteiger partial charge in [-0.2, -0.15) is 5.10 Å². The van der Waals surface area contributed by atoms with Crippen molar-refractivity contribution in [3.63, 3.8) is 0 Å². The summed E-state index contributed by atoms with van der Waals surface area (Å²) in [4.78, 5) is 20.9. The van der Waals surface area contributed by atoms with Gasteiger partial charge in [0.1, 0.15) is 0 Å². The van der Waals surface area contributed by atoms with Crippen molar-refractivity contribution in [2.24, 2.45) is 7.05 Å². The predicted octanol–water partition coefficient (Wildman–Crippen LogP) is 1.93. The fourth-order valence-electron chi connectivity index (χ4n) is 2.80. The van der Waals surface area contributed by atoms with Crippen molar-refractivity contribution in [3.05, 3.63) is 40.9 Å². The van der Waals surface area contributed by atoms with Crippen LogP contribution in [0.2, 0.25) is 0 Å². The summed E-state index contributed by atoms with van der Waals surface area (Å²) in [6.07, 6.45) is 6.98. The number of hydrogen-bond donors (Lipinski definition) is 0. The van der Waals surface area contributed by atoms with Gasteiger partial charge in [0.2, 0.25) is 0 Å². The summed E-state index contributed by atoms with van der Waals surface area (Å²) in [6, 6.07) is 2.14. The lowest BCUT2D eigenvalue weighted by Crippen LogP contribution is -2.54. The van der Waals surface area contributed by atoms with Gasteiger partial charge >= 0.3 is 0 Å². The molecule has 0 bridgehead atoms. The molecular weight excluding hydrogens is 346 g/mol. The van der Waals surface area contributed by atoms with Crippen LogP contribution in [0.4, 0.5) is 5.69 Å². The minimum Gasteiger partial charge on any atom is -0.367 e. The van der Waals surface area contributed by atoms with Crippen LogP contribution >= 0.6 is 15.9 Å². The summed E-state index contributed by atoms with van der Waals surface area (Å²) in [5.74, 6) is 0.0500. The van der Waals surface area contributed by atoms with Gasteiger partial charge in [-0.15, -0.1) is 0 Å². The highest BCUT2D eigenvalue weighted by molar-refractivity contribution is 9.10. The molecule has 2 aromatic rings. The molecule has 1 aliphatic rings. The van der Waals surface area contributed by atoms with Crippen LogP contribution < -0.4 is 4.90 Å². The molecule has 3 heterocycles. The second kappa shape index (κ2) is 6.08. The Labute approximate surface area is 137 Å². The number of rotatable bonds is 2. The SMILES string of the molecule is CC1CN(c2ccncc2Br)CCN1C(=O)c1cnn(C)c1. The first-order valence-electron chi connectivity index (χ1n) is 7.20. The van der Waals surface area contributed by atoms with Gasteiger partial charge in [0.05, 0.1) is 21.9 Å². The molecule has 7 heteroatoms. The van der Waals surface area contributed by atoms with Gasteiger partial charge in [-0.1, -0.05) is 0 Å². The Kier molecular flexibility index (Phi) is 4.15. The molecule has 22 heavy (non-hydrogen) atoms. The molecule has 2 aromatic heterocycles. The molecule has 0 aliphatic carbocycles. The number of carbonyl (C=O) groups is 1. The Hall–Kier alpha value is -1.89. The second-order valence-corrected chi connectivity index (χ2v) is 6.38. The fraction of sp³-hybridized carbons (Fsp3) is 0.400. The summed E-state index contributed by atoms with van der Waals surface area (Å²) >= 11 is 3.54. The van der Waals surface area contributed by atoms with Crippen LogP contribution in [0.1, 0.15) is 17.3 Å². The van der Waals surface area contributed by atoms with Gasteiger partial charge in [0, 0.05) is 51.3 Å². The first-order chi connectivity index (χ1) is 10.6. The number of aromatic nitrogens is 3. The van der Waals surface area contributed by atoms with E-state index in [4.69, 9.17) is 0 Å². The zero-order valence-corrected chi connectivity index (χ0v) is 14.2. The number of pyridine rings is 1. The zero-order valence-electron chi connectivity index (χ0n) is 12.6. The molecule has 3 rings (SSSR count). The van der Waals surface area contributed by atoms with Crippen molar-refractivity contribution in [3.8, 4) is 0 Å². The van der Waals surface area contributed by atoms with Crippen molar-refractivity contribution in [1.82, 2.24) is 19.7 Å². The van der Waals surface area contributed by atoms with Crippen molar-refractivity contribution < 1.29 is 4.79 Å². The van der Waals surface area contributed by atoms with E-state index in [1.165, 1.54) is 0 Å². The molecule has 1 fully saturated rings. The van der Waals surface area contributed by atoms with E-state index in [9.17, 15) is 4.79 Å². The second-order valence-electron chi connectivity index (χ2n) is 5.52. The Morgan fingerprint density at radius 1 is 1.36 bits per heavy atom. The monoisotopic (exact) mass is 363 g/mol. The third kappa shape index (κ3) is 2.85. The fourth-order valence-corrected chi connectivity index (χ4v) is 3.30. The molecule has 0 spiro atoms. The smallest absolute Gasteiger partial charge is 0.257 e. The molecule has 0 radical (unpaired) electrons. The van der Waals surface area contributed by atoms with Crippen LogP contribution in [0.25, 0.3) is 0 Å². The van der Waals surface area contributed by atoms with E-state index in [-0.39, 0.29) is 11.9 Å². The van der Waals surface area contributed by atoms with Gasteiger partial charge in [-0.05, 0) is 28.9 Å². The Balaban J connectivity index is 1.73. The van der Waals surface area contributed by atoms with Crippen LogP contribution in [0, 0.1) is 0 Å². The van der Waals surface area contributed by atoms with E-state index in [2.05, 4.69) is 37.8 Å². The first kappa shape index (κ1) is 15.0. The molecule has 1 unspecified atom stereocenters. The van der Waals surface area contributed by atoms with Crippen molar-refractivity contribution >= 4 is 27.5 Å². The average Bonchev–Trinajstić information content (AvgIpc) is 2.93. The normalized spacial score (nSPS) is 18.6. The van der Waals surface area contributed by atoms with Crippen molar-refractivity contribution in [2.45, 2.75) is 13.0 Å². The number of aryl methyl sites for hydroxylation is 1. The van der Waals surface area contributed by atoms with Gasteiger partial charge in [0.15, 0.2) is 0 Å². The highest BCUT2D eigenvalue weighted by Crippen LogP contribution is 2.27. The van der Waals surface area contributed by atoms with E-state index in [1.54, 1.807) is 29.5 Å². The van der Waals surface area contributed by atoms with E-state index in [0.29, 0.717) is 12.1 Å². The maximum Gasteiger partial charge on any atom is 0.257 e. The lowest BCUT2D eigenvalue weighted by molar-refractivity contribution is 0.0674. The van der Waals surface area contributed by atoms with E-state index < -0.39 is 0 Å². The quantitative estimate of drug-likeness (QED) is 0.817. The highest BCUT2D eigenvalue weighted by atomic mass is 79.9. The summed E-state index contributed by atoms with van der Waals surface area (Å²) in [7, 11) is 1.82. The summed E-state index contributed by atoms with van der Waals surface area (Å²) in [5.41, 5.74) is 1.77. The third-order valence-electron chi connectivity index (χ3n) is 3.93. The number of carbonyl (C=O) groups excluding carboxylic acids is 1. The molecule has 1 aliphatic heterocycles. The zero-order chi connectivity index (χ0) is 15.7. The summed E-state index contributed by atoms with van der Waals surface area (Å²) < 4.78 is 2.64.